The van der Waals surface area contributed by atoms with Gasteiger partial charge in [0.15, 0.2) is 0 Å². The molecule has 3 heteroatoms. The second-order valence-corrected chi connectivity index (χ2v) is 14.5. The summed E-state index contributed by atoms with van der Waals surface area (Å²) in [7, 11) is 0. The van der Waals surface area contributed by atoms with E-state index in [-0.39, 0.29) is 0 Å². The summed E-state index contributed by atoms with van der Waals surface area (Å²) in [4.78, 5) is 2.42. The number of benzene rings is 9. The van der Waals surface area contributed by atoms with Gasteiger partial charge in [0.25, 0.3) is 0 Å². The molecule has 9 aromatic carbocycles. The van der Waals surface area contributed by atoms with Crippen molar-refractivity contribution < 1.29 is 4.42 Å². The monoisotopic (exact) mass is 728 g/mol. The molecular weight excluding hydrogens is 693 g/mol. The van der Waals surface area contributed by atoms with Gasteiger partial charge in [0.2, 0.25) is 0 Å². The normalized spacial score (nSPS) is 11.5. The second-order valence-electron chi connectivity index (χ2n) is 14.5. The van der Waals surface area contributed by atoms with Gasteiger partial charge in [-0.25, -0.2) is 0 Å². The van der Waals surface area contributed by atoms with Crippen molar-refractivity contribution in [2.75, 3.05) is 4.90 Å². The smallest absolute Gasteiger partial charge is 0.136 e. The first-order valence-electron chi connectivity index (χ1n) is 19.4. The molecule has 0 aliphatic rings. The Bertz CT molecular complexity index is 3210. The number of furan rings is 1. The van der Waals surface area contributed by atoms with E-state index < -0.39 is 0 Å². The van der Waals surface area contributed by atoms with E-state index in [0.717, 1.165) is 66.9 Å². The molecule has 0 bridgehead atoms. The van der Waals surface area contributed by atoms with Gasteiger partial charge in [-0.1, -0.05) is 152 Å². The number of rotatable bonds is 7. The molecule has 0 saturated heterocycles. The Morgan fingerprint density at radius 1 is 0.351 bits per heavy atom. The number of hydrogen-bond donors (Lipinski definition) is 0. The standard InChI is InChI=1S/C54H36N2O/c1-2-16-37(17-3-1)38-18-12-19-39(34-38)44-24-4-8-29-49(44)55(41-21-13-20-40(35-41)45-28-15-33-53-54(45)48-27-7-11-32-52(48)57-53)42-22-14-23-43(36-42)56-50-30-9-5-25-46(50)47-26-6-10-31-51(47)56/h1-36H. The van der Waals surface area contributed by atoms with Crippen LogP contribution in [0.25, 0.3) is 82.8 Å². The maximum atomic E-state index is 6.33. The van der Waals surface area contributed by atoms with Gasteiger partial charge in [-0.3, -0.25) is 0 Å². The largest absolute Gasteiger partial charge is 0.456 e. The van der Waals surface area contributed by atoms with Crippen molar-refractivity contribution in [2.45, 2.75) is 0 Å². The Balaban J connectivity index is 1.13. The lowest BCUT2D eigenvalue weighted by molar-refractivity contribution is 0.669. The molecule has 0 radical (unpaired) electrons. The molecule has 3 nitrogen and oxygen atoms in total. The number of fused-ring (bicyclic) bond motifs is 6. The lowest BCUT2D eigenvalue weighted by Crippen LogP contribution is -2.12. The number of para-hydroxylation sites is 4. The van der Waals surface area contributed by atoms with Crippen LogP contribution in [0.4, 0.5) is 17.1 Å². The fourth-order valence-electron chi connectivity index (χ4n) is 8.64. The van der Waals surface area contributed by atoms with Gasteiger partial charge >= 0.3 is 0 Å². The summed E-state index contributed by atoms with van der Waals surface area (Å²) in [5.41, 5.74) is 15.4. The topological polar surface area (TPSA) is 21.3 Å². The zero-order valence-corrected chi connectivity index (χ0v) is 31.1. The SMILES string of the molecule is c1ccc(-c2cccc(-c3ccccc3N(c3cccc(-c4cccc5oc6ccccc6c45)c3)c3cccc(-n4c5ccccc5c5ccccc54)c3)c2)cc1. The zero-order valence-electron chi connectivity index (χ0n) is 31.1. The van der Waals surface area contributed by atoms with Gasteiger partial charge in [-0.05, 0) is 94.5 Å². The third-order valence-electron chi connectivity index (χ3n) is 11.2. The highest BCUT2D eigenvalue weighted by atomic mass is 16.3. The highest BCUT2D eigenvalue weighted by Gasteiger charge is 2.21. The van der Waals surface area contributed by atoms with Crippen LogP contribution in [0.3, 0.4) is 0 Å². The first-order chi connectivity index (χ1) is 28.3. The summed E-state index contributed by atoms with van der Waals surface area (Å²) in [5, 5.41) is 4.73. The van der Waals surface area contributed by atoms with Crippen LogP contribution in [0.15, 0.2) is 223 Å². The average molecular weight is 729 g/mol. The predicted octanol–water partition coefficient (Wildman–Crippen LogP) is 15.2. The van der Waals surface area contributed by atoms with Crippen molar-refractivity contribution in [3.8, 4) is 39.1 Å². The Kier molecular flexibility index (Phi) is 7.82. The number of nitrogens with zero attached hydrogens (tertiary/aromatic N) is 2. The van der Waals surface area contributed by atoms with Crippen molar-refractivity contribution in [1.29, 1.82) is 0 Å². The molecule has 11 rings (SSSR count). The van der Waals surface area contributed by atoms with Crippen LogP contribution in [0.2, 0.25) is 0 Å². The lowest BCUT2D eigenvalue weighted by Gasteiger charge is -2.29. The number of aromatic nitrogens is 1. The summed E-state index contributed by atoms with van der Waals surface area (Å²) in [5.74, 6) is 0. The Morgan fingerprint density at radius 2 is 0.895 bits per heavy atom. The van der Waals surface area contributed by atoms with E-state index >= 15 is 0 Å². The van der Waals surface area contributed by atoms with E-state index in [0.29, 0.717) is 0 Å². The maximum absolute atomic E-state index is 6.33. The molecule has 0 unspecified atom stereocenters. The summed E-state index contributed by atoms with van der Waals surface area (Å²) in [6.07, 6.45) is 0. The van der Waals surface area contributed by atoms with E-state index in [2.05, 4.69) is 216 Å². The highest BCUT2D eigenvalue weighted by Crippen LogP contribution is 2.45. The third kappa shape index (κ3) is 5.60. The van der Waals surface area contributed by atoms with E-state index in [1.807, 2.05) is 12.1 Å². The van der Waals surface area contributed by atoms with Gasteiger partial charge in [0, 0.05) is 44.2 Å². The molecule has 0 fully saturated rings. The summed E-state index contributed by atoms with van der Waals surface area (Å²) >= 11 is 0. The molecule has 0 aliphatic carbocycles. The summed E-state index contributed by atoms with van der Waals surface area (Å²) in [6, 6.07) is 78.2. The van der Waals surface area contributed by atoms with Crippen molar-refractivity contribution in [3.05, 3.63) is 218 Å². The van der Waals surface area contributed by atoms with Gasteiger partial charge in [-0.15, -0.1) is 0 Å². The molecule has 0 saturated carbocycles. The van der Waals surface area contributed by atoms with E-state index in [1.165, 1.54) is 32.9 Å². The van der Waals surface area contributed by atoms with Crippen molar-refractivity contribution >= 4 is 60.8 Å². The number of anilines is 3. The minimum absolute atomic E-state index is 0.887. The fourth-order valence-corrected chi connectivity index (χ4v) is 8.64. The molecule has 2 heterocycles. The Labute approximate surface area is 330 Å². The van der Waals surface area contributed by atoms with Crippen LogP contribution in [0.1, 0.15) is 0 Å². The molecule has 0 atom stereocenters. The molecular formula is C54H36N2O. The average Bonchev–Trinajstić information content (AvgIpc) is 3.83. The van der Waals surface area contributed by atoms with Crippen molar-refractivity contribution in [3.63, 3.8) is 0 Å². The van der Waals surface area contributed by atoms with Gasteiger partial charge in [0.1, 0.15) is 11.2 Å². The third-order valence-corrected chi connectivity index (χ3v) is 11.2. The summed E-state index contributed by atoms with van der Waals surface area (Å²) < 4.78 is 8.73. The van der Waals surface area contributed by atoms with Crippen LogP contribution < -0.4 is 4.90 Å². The molecule has 0 aliphatic heterocycles. The molecule has 2 aromatic heterocycles. The molecule has 0 N–H and O–H groups in total. The van der Waals surface area contributed by atoms with Gasteiger partial charge < -0.3 is 13.9 Å². The highest BCUT2D eigenvalue weighted by molar-refractivity contribution is 6.13. The minimum Gasteiger partial charge on any atom is -0.456 e. The molecule has 57 heavy (non-hydrogen) atoms. The number of hydrogen-bond acceptors (Lipinski definition) is 2. The Morgan fingerprint density at radius 3 is 1.70 bits per heavy atom. The van der Waals surface area contributed by atoms with Gasteiger partial charge in [0.05, 0.1) is 16.7 Å². The van der Waals surface area contributed by atoms with Crippen molar-refractivity contribution in [1.82, 2.24) is 4.57 Å². The zero-order chi connectivity index (χ0) is 37.7. The van der Waals surface area contributed by atoms with Crippen molar-refractivity contribution in [2.24, 2.45) is 0 Å². The first kappa shape index (κ1) is 32.8. The van der Waals surface area contributed by atoms with E-state index in [9.17, 15) is 0 Å². The molecule has 268 valence electrons. The molecule has 0 amide bonds. The maximum Gasteiger partial charge on any atom is 0.136 e. The lowest BCUT2D eigenvalue weighted by atomic mass is 9.96. The second kappa shape index (κ2) is 13.6. The van der Waals surface area contributed by atoms with Gasteiger partial charge in [-0.2, -0.15) is 0 Å². The van der Waals surface area contributed by atoms with Crippen LogP contribution >= 0.6 is 0 Å². The van der Waals surface area contributed by atoms with Crippen LogP contribution in [0, 0.1) is 0 Å². The van der Waals surface area contributed by atoms with E-state index in [1.54, 1.807) is 0 Å². The predicted molar refractivity (Wildman–Crippen MR) is 239 cm³/mol. The molecule has 11 aromatic rings. The summed E-state index contributed by atoms with van der Waals surface area (Å²) in [6.45, 7) is 0. The minimum atomic E-state index is 0.887. The van der Waals surface area contributed by atoms with Crippen LogP contribution in [0.5, 0.6) is 0 Å². The first-order valence-corrected chi connectivity index (χ1v) is 19.4. The van der Waals surface area contributed by atoms with E-state index in [4.69, 9.17) is 4.42 Å². The van der Waals surface area contributed by atoms with Crippen LogP contribution in [-0.4, -0.2) is 4.57 Å². The molecule has 0 spiro atoms. The Hall–Kier alpha value is -7.62. The fraction of sp³-hybridized carbons (Fsp3) is 0. The quantitative estimate of drug-likeness (QED) is 0.163. The van der Waals surface area contributed by atoms with Crippen LogP contribution in [-0.2, 0) is 0 Å².